The van der Waals surface area contributed by atoms with Crippen LogP contribution in [-0.2, 0) is 20.1 Å². The molecule has 0 saturated heterocycles. The first-order valence-corrected chi connectivity index (χ1v) is 6.63. The molecule has 18 heavy (non-hydrogen) atoms. The monoisotopic (exact) mass is 308 g/mol. The van der Waals surface area contributed by atoms with Crippen molar-refractivity contribution in [1.29, 1.82) is 0 Å². The number of hydrogen-bond donors (Lipinski definition) is 0. The molecular formula is C13H17BrN4. The van der Waals surface area contributed by atoms with E-state index in [0.717, 1.165) is 29.0 Å². The van der Waals surface area contributed by atoms with Gasteiger partial charge in [0, 0.05) is 26.3 Å². The van der Waals surface area contributed by atoms with Gasteiger partial charge in [-0.15, -0.1) is 0 Å². The summed E-state index contributed by atoms with van der Waals surface area (Å²) < 4.78 is 3.02. The summed E-state index contributed by atoms with van der Waals surface area (Å²) in [6, 6.07) is 5.99. The van der Waals surface area contributed by atoms with Crippen LogP contribution >= 0.6 is 15.9 Å². The van der Waals surface area contributed by atoms with E-state index >= 15 is 0 Å². The molecule has 5 heteroatoms. The third-order valence-corrected chi connectivity index (χ3v) is 3.87. The molecule has 0 aliphatic carbocycles. The third-order valence-electron chi connectivity index (χ3n) is 2.84. The van der Waals surface area contributed by atoms with Crippen molar-refractivity contribution >= 4 is 15.9 Å². The van der Waals surface area contributed by atoms with E-state index in [1.807, 2.05) is 43.0 Å². The van der Waals surface area contributed by atoms with Crippen molar-refractivity contribution in [2.45, 2.75) is 20.0 Å². The molecule has 0 aliphatic rings. The number of rotatable bonds is 4. The number of hydrogen-bond acceptors (Lipinski definition) is 3. The fourth-order valence-electron chi connectivity index (χ4n) is 1.93. The highest BCUT2D eigenvalue weighted by atomic mass is 79.9. The molecule has 0 aliphatic heterocycles. The third kappa shape index (κ3) is 2.97. The first kappa shape index (κ1) is 13.2. The Balaban J connectivity index is 2.05. The lowest BCUT2D eigenvalue weighted by atomic mass is 10.3. The van der Waals surface area contributed by atoms with E-state index in [0.29, 0.717) is 0 Å². The van der Waals surface area contributed by atoms with Crippen molar-refractivity contribution in [3.8, 4) is 0 Å². The maximum absolute atomic E-state index is 4.40. The Morgan fingerprint density at radius 1 is 1.33 bits per heavy atom. The van der Waals surface area contributed by atoms with Crippen LogP contribution in [0.4, 0.5) is 0 Å². The van der Waals surface area contributed by atoms with Crippen molar-refractivity contribution in [1.82, 2.24) is 19.7 Å². The molecule has 0 spiro atoms. The summed E-state index contributed by atoms with van der Waals surface area (Å²) in [5.74, 6) is 0. The number of halogens is 1. The minimum Gasteiger partial charge on any atom is -0.295 e. The highest BCUT2D eigenvalue weighted by Crippen LogP contribution is 2.21. The molecule has 2 rings (SSSR count). The van der Waals surface area contributed by atoms with E-state index in [1.165, 1.54) is 5.69 Å². The van der Waals surface area contributed by atoms with Gasteiger partial charge in [-0.2, -0.15) is 5.10 Å². The summed E-state index contributed by atoms with van der Waals surface area (Å²) in [6.45, 7) is 3.68. The van der Waals surface area contributed by atoms with Gasteiger partial charge in [-0.3, -0.25) is 14.6 Å². The SMILES string of the molecule is Cc1nn(C)c(CN(C)Cc2ccccn2)c1Br. The van der Waals surface area contributed by atoms with E-state index < -0.39 is 0 Å². The summed E-state index contributed by atoms with van der Waals surface area (Å²) >= 11 is 3.59. The minimum absolute atomic E-state index is 0.831. The van der Waals surface area contributed by atoms with E-state index in [4.69, 9.17) is 0 Å². The molecule has 2 aromatic rings. The average Bonchev–Trinajstić information content (AvgIpc) is 2.57. The van der Waals surface area contributed by atoms with Crippen LogP contribution in [0.2, 0.25) is 0 Å². The molecule has 2 heterocycles. The zero-order valence-corrected chi connectivity index (χ0v) is 12.5. The van der Waals surface area contributed by atoms with Crippen LogP contribution in [0.25, 0.3) is 0 Å². The van der Waals surface area contributed by atoms with Crippen LogP contribution in [0, 0.1) is 6.92 Å². The first-order chi connectivity index (χ1) is 8.58. The van der Waals surface area contributed by atoms with Gasteiger partial charge >= 0.3 is 0 Å². The summed E-state index contributed by atoms with van der Waals surface area (Å²) in [5.41, 5.74) is 3.29. The Labute approximate surface area is 116 Å². The molecule has 0 radical (unpaired) electrons. The normalized spacial score (nSPS) is 11.2. The Bertz CT molecular complexity index is 521. The zero-order valence-electron chi connectivity index (χ0n) is 10.9. The van der Waals surface area contributed by atoms with Crippen LogP contribution in [0.5, 0.6) is 0 Å². The van der Waals surface area contributed by atoms with Gasteiger partial charge in [-0.1, -0.05) is 6.07 Å². The Kier molecular flexibility index (Phi) is 4.14. The maximum Gasteiger partial charge on any atom is 0.0739 e. The molecule has 0 aromatic carbocycles. The maximum atomic E-state index is 4.40. The minimum atomic E-state index is 0.831. The van der Waals surface area contributed by atoms with Gasteiger partial charge in [0.05, 0.1) is 21.6 Å². The predicted molar refractivity (Wildman–Crippen MR) is 75.1 cm³/mol. The molecule has 0 unspecified atom stereocenters. The molecule has 0 saturated carbocycles. The molecule has 0 atom stereocenters. The summed E-state index contributed by atoms with van der Waals surface area (Å²) in [4.78, 5) is 6.56. The van der Waals surface area contributed by atoms with Crippen molar-refractivity contribution in [3.63, 3.8) is 0 Å². The van der Waals surface area contributed by atoms with Crippen molar-refractivity contribution in [2.24, 2.45) is 7.05 Å². The Morgan fingerprint density at radius 2 is 2.11 bits per heavy atom. The van der Waals surface area contributed by atoms with Crippen LogP contribution in [0.15, 0.2) is 28.9 Å². The highest BCUT2D eigenvalue weighted by molar-refractivity contribution is 9.10. The fraction of sp³-hybridized carbons (Fsp3) is 0.385. The molecule has 0 amide bonds. The summed E-state index contributed by atoms with van der Waals surface area (Å²) in [5, 5.41) is 4.40. The van der Waals surface area contributed by atoms with Crippen LogP contribution in [0.3, 0.4) is 0 Å². The Morgan fingerprint density at radius 3 is 2.67 bits per heavy atom. The molecule has 2 aromatic heterocycles. The highest BCUT2D eigenvalue weighted by Gasteiger charge is 2.12. The second-order valence-corrected chi connectivity index (χ2v) is 5.26. The fourth-order valence-corrected chi connectivity index (χ4v) is 2.39. The molecule has 0 N–H and O–H groups in total. The van der Waals surface area contributed by atoms with Gasteiger partial charge in [0.15, 0.2) is 0 Å². The molecule has 0 bridgehead atoms. The van der Waals surface area contributed by atoms with Crippen molar-refractivity contribution in [3.05, 3.63) is 46.0 Å². The largest absolute Gasteiger partial charge is 0.295 e. The Hall–Kier alpha value is -1.20. The van der Waals surface area contributed by atoms with Crippen molar-refractivity contribution < 1.29 is 0 Å². The van der Waals surface area contributed by atoms with Crippen LogP contribution in [0.1, 0.15) is 17.1 Å². The lowest BCUT2D eigenvalue weighted by Gasteiger charge is -2.16. The van der Waals surface area contributed by atoms with Crippen LogP contribution < -0.4 is 0 Å². The lowest BCUT2D eigenvalue weighted by molar-refractivity contribution is 0.305. The van der Waals surface area contributed by atoms with Gasteiger partial charge in [-0.25, -0.2) is 0 Å². The van der Waals surface area contributed by atoms with E-state index in [1.54, 1.807) is 0 Å². The predicted octanol–water partition coefficient (Wildman–Crippen LogP) is 2.52. The number of pyridine rings is 1. The second-order valence-electron chi connectivity index (χ2n) is 4.46. The van der Waals surface area contributed by atoms with Gasteiger partial charge in [0.1, 0.15) is 0 Å². The quantitative estimate of drug-likeness (QED) is 0.870. The number of aryl methyl sites for hydroxylation is 2. The second kappa shape index (κ2) is 5.63. The average molecular weight is 309 g/mol. The lowest BCUT2D eigenvalue weighted by Crippen LogP contribution is -2.20. The van der Waals surface area contributed by atoms with Gasteiger partial charge in [0.2, 0.25) is 0 Å². The van der Waals surface area contributed by atoms with E-state index in [9.17, 15) is 0 Å². The molecule has 96 valence electrons. The molecule has 4 nitrogen and oxygen atoms in total. The zero-order chi connectivity index (χ0) is 13.1. The number of aromatic nitrogens is 3. The van der Waals surface area contributed by atoms with Crippen molar-refractivity contribution in [2.75, 3.05) is 7.05 Å². The van der Waals surface area contributed by atoms with Gasteiger partial charge in [0.25, 0.3) is 0 Å². The smallest absolute Gasteiger partial charge is 0.0739 e. The molecule has 0 fully saturated rings. The first-order valence-electron chi connectivity index (χ1n) is 5.84. The standard InChI is InChI=1S/C13H17BrN4/c1-10-13(14)12(18(3)16-10)9-17(2)8-11-6-4-5-7-15-11/h4-7H,8-9H2,1-3H3. The topological polar surface area (TPSA) is 34.0 Å². The summed E-state index contributed by atoms with van der Waals surface area (Å²) in [7, 11) is 4.06. The van der Waals surface area contributed by atoms with Gasteiger partial charge in [-0.05, 0) is 42.0 Å². The van der Waals surface area contributed by atoms with Crippen LogP contribution in [-0.4, -0.2) is 26.7 Å². The van der Waals surface area contributed by atoms with Gasteiger partial charge < -0.3 is 0 Å². The molecular weight excluding hydrogens is 292 g/mol. The number of nitrogens with zero attached hydrogens (tertiary/aromatic N) is 4. The van der Waals surface area contributed by atoms with E-state index in [2.05, 4.69) is 38.0 Å². The van der Waals surface area contributed by atoms with E-state index in [-0.39, 0.29) is 0 Å². The summed E-state index contributed by atoms with van der Waals surface area (Å²) in [6.07, 6.45) is 1.83.